The van der Waals surface area contributed by atoms with Crippen LogP contribution in [0.1, 0.15) is 118 Å². The number of carbonyl (C=O) groups excluding carboxylic acids is 1. The van der Waals surface area contributed by atoms with Gasteiger partial charge in [0.05, 0.1) is 17.0 Å². The summed E-state index contributed by atoms with van der Waals surface area (Å²) in [5, 5.41) is 0. The highest BCUT2D eigenvalue weighted by Gasteiger charge is 2.18. The molecular formula is C32H52BrNO4S. The Kier molecular flexibility index (Phi) is 21.5. The number of esters is 1. The van der Waals surface area contributed by atoms with Gasteiger partial charge in [-0.15, -0.1) is 0 Å². The highest BCUT2D eigenvalue weighted by molar-refractivity contribution is 7.09. The summed E-state index contributed by atoms with van der Waals surface area (Å²) in [6.45, 7) is 6.35. The number of rotatable bonds is 23. The fourth-order valence-electron chi connectivity index (χ4n) is 4.63. The van der Waals surface area contributed by atoms with Crippen LogP contribution in [0.15, 0.2) is 36.0 Å². The fraction of sp³-hybridized carbons (Fsp3) is 0.688. The molecule has 0 aliphatic carbocycles. The van der Waals surface area contributed by atoms with Gasteiger partial charge in [0.25, 0.3) is 0 Å². The highest BCUT2D eigenvalue weighted by atomic mass is 79.9. The third-order valence-electron chi connectivity index (χ3n) is 6.99. The molecule has 0 amide bonds. The van der Waals surface area contributed by atoms with Gasteiger partial charge in [-0.3, -0.25) is 0 Å². The third kappa shape index (κ3) is 16.5. The van der Waals surface area contributed by atoms with Crippen molar-refractivity contribution in [3.05, 3.63) is 52.0 Å². The topological polar surface area (TPSA) is 48.6 Å². The largest absolute Gasteiger partial charge is 1.00 e. The molecule has 222 valence electrons. The molecule has 0 N–H and O–H groups in total. The van der Waals surface area contributed by atoms with E-state index in [4.69, 9.17) is 14.2 Å². The fourth-order valence-corrected chi connectivity index (χ4v) is 5.26. The van der Waals surface area contributed by atoms with Gasteiger partial charge >= 0.3 is 5.97 Å². The smallest absolute Gasteiger partial charge is 0.338 e. The first kappa shape index (κ1) is 35.7. The van der Waals surface area contributed by atoms with Crippen LogP contribution in [0.4, 0.5) is 0 Å². The van der Waals surface area contributed by atoms with Crippen molar-refractivity contribution >= 4 is 17.3 Å². The molecule has 0 spiro atoms. The summed E-state index contributed by atoms with van der Waals surface area (Å²) in [6, 6.07) is 7.63. The quantitative estimate of drug-likeness (QED) is 0.0983. The second-order valence-electron chi connectivity index (χ2n) is 10.4. The number of halogens is 1. The van der Waals surface area contributed by atoms with Gasteiger partial charge < -0.3 is 31.2 Å². The number of unbranched alkanes of at least 4 members (excludes halogenated alkanes) is 13. The molecule has 0 saturated heterocycles. The summed E-state index contributed by atoms with van der Waals surface area (Å²) in [6.07, 6.45) is 20.7. The number of hydrogen-bond donors (Lipinski definition) is 0. The van der Waals surface area contributed by atoms with Crippen LogP contribution in [0, 0.1) is 6.92 Å². The second-order valence-corrected chi connectivity index (χ2v) is 11.5. The Hall–Kier alpha value is -1.28. The first-order chi connectivity index (χ1) is 18.6. The van der Waals surface area contributed by atoms with Crippen molar-refractivity contribution < 1.29 is 40.6 Å². The maximum atomic E-state index is 12.8. The van der Waals surface area contributed by atoms with Crippen molar-refractivity contribution in [3.63, 3.8) is 0 Å². The van der Waals surface area contributed by atoms with Crippen LogP contribution in [-0.2, 0) is 20.8 Å². The molecule has 0 aliphatic rings. The maximum Gasteiger partial charge on any atom is 0.338 e. The molecule has 0 bridgehead atoms. The van der Waals surface area contributed by atoms with Crippen molar-refractivity contribution in [1.29, 1.82) is 0 Å². The summed E-state index contributed by atoms with van der Waals surface area (Å²) >= 11 is 1.69. The number of hydrogen-bond acceptors (Lipinski definition) is 5. The van der Waals surface area contributed by atoms with Crippen LogP contribution < -0.4 is 21.5 Å². The van der Waals surface area contributed by atoms with Gasteiger partial charge in [-0.2, -0.15) is 4.57 Å². The maximum absolute atomic E-state index is 12.8. The van der Waals surface area contributed by atoms with E-state index in [1.54, 1.807) is 18.4 Å². The van der Waals surface area contributed by atoms with Gasteiger partial charge in [-0.1, -0.05) is 120 Å². The van der Waals surface area contributed by atoms with E-state index in [1.165, 1.54) is 88.3 Å². The van der Waals surface area contributed by atoms with E-state index < -0.39 is 0 Å². The Morgan fingerprint density at radius 3 is 2.03 bits per heavy atom. The average molecular weight is 627 g/mol. The molecule has 2 aromatic rings. The summed E-state index contributed by atoms with van der Waals surface area (Å²) < 4.78 is 19.0. The van der Waals surface area contributed by atoms with Gasteiger partial charge in [0.2, 0.25) is 5.51 Å². The monoisotopic (exact) mass is 625 g/mol. The minimum atomic E-state index is -0.317. The Morgan fingerprint density at radius 2 is 1.46 bits per heavy atom. The van der Waals surface area contributed by atoms with E-state index >= 15 is 0 Å². The van der Waals surface area contributed by atoms with Crippen LogP contribution in [-0.4, -0.2) is 39.0 Å². The van der Waals surface area contributed by atoms with Crippen molar-refractivity contribution in [2.45, 2.75) is 116 Å². The van der Waals surface area contributed by atoms with Crippen LogP contribution in [0.25, 0.3) is 0 Å². The molecule has 1 unspecified atom stereocenters. The Bertz CT molecular complexity index is 875. The molecule has 0 saturated carbocycles. The first-order valence-corrected chi connectivity index (χ1v) is 15.8. The number of nitrogens with zero attached hydrogens (tertiary/aromatic N) is 1. The van der Waals surface area contributed by atoms with Crippen LogP contribution >= 0.6 is 11.3 Å². The lowest BCUT2D eigenvalue weighted by Gasteiger charge is -2.16. The van der Waals surface area contributed by atoms with Gasteiger partial charge in [-0.25, -0.2) is 4.79 Å². The minimum absolute atomic E-state index is 0. The van der Waals surface area contributed by atoms with E-state index in [-0.39, 0.29) is 35.7 Å². The lowest BCUT2D eigenvalue weighted by molar-refractivity contribution is -0.683. The van der Waals surface area contributed by atoms with Crippen molar-refractivity contribution in [2.75, 3.05) is 26.9 Å². The molecule has 5 nitrogen and oxygen atoms in total. The normalized spacial score (nSPS) is 11.8. The number of aryl methyl sites for hydroxylation is 1. The lowest BCUT2D eigenvalue weighted by Crippen LogP contribution is -3.00. The summed E-state index contributed by atoms with van der Waals surface area (Å²) in [5.74, 6) is -0.317. The molecule has 39 heavy (non-hydrogen) atoms. The molecule has 1 aromatic carbocycles. The zero-order chi connectivity index (χ0) is 27.3. The molecule has 1 atom stereocenters. The summed E-state index contributed by atoms with van der Waals surface area (Å²) in [5.41, 5.74) is 3.61. The molecular weight excluding hydrogens is 574 g/mol. The van der Waals surface area contributed by atoms with E-state index in [0.717, 1.165) is 18.6 Å². The molecule has 0 radical (unpaired) electrons. The zero-order valence-electron chi connectivity index (χ0n) is 24.6. The van der Waals surface area contributed by atoms with Gasteiger partial charge in [0.1, 0.15) is 12.7 Å². The number of methoxy groups -OCH3 is 1. The van der Waals surface area contributed by atoms with E-state index in [2.05, 4.69) is 30.1 Å². The van der Waals surface area contributed by atoms with Crippen LogP contribution in [0.3, 0.4) is 0 Å². The number of ether oxygens (including phenoxy) is 3. The summed E-state index contributed by atoms with van der Waals surface area (Å²) in [7, 11) is 1.64. The van der Waals surface area contributed by atoms with Gasteiger partial charge in [0, 0.05) is 19.3 Å². The average Bonchev–Trinajstić information content (AvgIpc) is 3.34. The van der Waals surface area contributed by atoms with Crippen LogP contribution in [0.2, 0.25) is 0 Å². The molecule has 1 heterocycles. The molecule has 1 aromatic heterocycles. The van der Waals surface area contributed by atoms with E-state index in [0.29, 0.717) is 18.7 Å². The predicted molar refractivity (Wildman–Crippen MR) is 157 cm³/mol. The zero-order valence-corrected chi connectivity index (χ0v) is 27.0. The van der Waals surface area contributed by atoms with Gasteiger partial charge in [0.15, 0.2) is 12.7 Å². The predicted octanol–water partition coefficient (Wildman–Crippen LogP) is 5.07. The van der Waals surface area contributed by atoms with Crippen molar-refractivity contribution in [1.82, 2.24) is 0 Å². The number of benzene rings is 1. The summed E-state index contributed by atoms with van der Waals surface area (Å²) in [4.78, 5) is 14.0. The molecule has 0 aliphatic heterocycles. The minimum Gasteiger partial charge on any atom is -1.00 e. The van der Waals surface area contributed by atoms with Crippen LogP contribution in [0.5, 0.6) is 0 Å². The van der Waals surface area contributed by atoms with E-state index in [1.807, 2.05) is 24.3 Å². The number of carbonyl (C=O) groups is 1. The number of thiazole rings is 1. The Morgan fingerprint density at radius 1 is 0.872 bits per heavy atom. The third-order valence-corrected chi connectivity index (χ3v) is 7.84. The van der Waals surface area contributed by atoms with Crippen molar-refractivity contribution in [3.8, 4) is 0 Å². The Balaban J connectivity index is 0.00000760. The number of aromatic nitrogens is 1. The molecule has 7 heteroatoms. The van der Waals surface area contributed by atoms with E-state index in [9.17, 15) is 4.79 Å². The SMILES string of the molecule is CCCCCCCCCCCCCCCCOCC(COC(=O)c1ccccc1C[n+]1csc(C)c1)OC.[Br-]. The first-order valence-electron chi connectivity index (χ1n) is 14.9. The Labute approximate surface area is 252 Å². The highest BCUT2D eigenvalue weighted by Crippen LogP contribution is 2.14. The standard InChI is InChI=1S/C32H52NO4S.BrH/c1-4-5-6-7-8-9-10-11-12-13-14-15-16-19-22-36-25-30(35-3)26-37-32(34)31-21-18-17-20-29(31)24-33-23-28(2)38-27-33;/h17-18,20-21,23,27,30H,4-16,19,22,24-26H2,1-3H3;1H/q+1;/p-1. The van der Waals surface area contributed by atoms with Gasteiger partial charge in [-0.05, 0) is 19.4 Å². The lowest BCUT2D eigenvalue weighted by atomic mass is 10.0. The second kappa shape index (κ2) is 23.4. The molecule has 2 rings (SSSR count). The molecule has 0 fully saturated rings. The van der Waals surface area contributed by atoms with Crippen molar-refractivity contribution in [2.24, 2.45) is 0 Å².